The van der Waals surface area contributed by atoms with E-state index in [0.717, 1.165) is 30.2 Å². The SMILES string of the molecule is COc1ccc2c(c1)NCc1ccccc1CN2. The molecule has 1 aliphatic rings. The van der Waals surface area contributed by atoms with Crippen LogP contribution in [0.25, 0.3) is 0 Å². The van der Waals surface area contributed by atoms with Crippen molar-refractivity contribution in [1.29, 1.82) is 0 Å². The number of ether oxygens (including phenoxy) is 1. The fourth-order valence-corrected chi connectivity index (χ4v) is 2.23. The summed E-state index contributed by atoms with van der Waals surface area (Å²) in [6.45, 7) is 1.70. The van der Waals surface area contributed by atoms with Crippen LogP contribution in [0.5, 0.6) is 5.75 Å². The van der Waals surface area contributed by atoms with Crippen LogP contribution in [0.1, 0.15) is 11.1 Å². The quantitative estimate of drug-likeness (QED) is 0.803. The van der Waals surface area contributed by atoms with Crippen LogP contribution in [0.2, 0.25) is 0 Å². The lowest BCUT2D eigenvalue weighted by molar-refractivity contribution is 0.415. The maximum atomic E-state index is 5.25. The number of fused-ring (bicyclic) bond motifs is 2. The molecule has 1 aliphatic heterocycles. The van der Waals surface area contributed by atoms with Gasteiger partial charge in [0, 0.05) is 19.2 Å². The van der Waals surface area contributed by atoms with E-state index >= 15 is 0 Å². The van der Waals surface area contributed by atoms with Gasteiger partial charge in [0.25, 0.3) is 0 Å². The molecule has 0 fully saturated rings. The number of methoxy groups -OCH3 is 1. The predicted octanol–water partition coefficient (Wildman–Crippen LogP) is 3.23. The first-order valence-corrected chi connectivity index (χ1v) is 6.09. The molecule has 0 spiro atoms. The molecular weight excluding hydrogens is 224 g/mol. The molecule has 0 saturated heterocycles. The highest BCUT2D eigenvalue weighted by molar-refractivity contribution is 5.71. The summed E-state index contributed by atoms with van der Waals surface area (Å²) in [5.74, 6) is 0.872. The maximum Gasteiger partial charge on any atom is 0.121 e. The Morgan fingerprint density at radius 1 is 0.889 bits per heavy atom. The lowest BCUT2D eigenvalue weighted by Gasteiger charge is -2.20. The molecule has 2 aromatic carbocycles. The first-order chi connectivity index (χ1) is 8.86. The van der Waals surface area contributed by atoms with Gasteiger partial charge in [0.05, 0.1) is 18.5 Å². The zero-order chi connectivity index (χ0) is 12.4. The molecular formula is C15H16N2O. The van der Waals surface area contributed by atoms with Gasteiger partial charge in [0.2, 0.25) is 0 Å². The average Bonchev–Trinajstić information content (AvgIpc) is 2.41. The lowest BCUT2D eigenvalue weighted by Crippen LogP contribution is -2.12. The second-order valence-electron chi connectivity index (χ2n) is 4.39. The van der Waals surface area contributed by atoms with Crippen molar-refractivity contribution in [2.75, 3.05) is 17.7 Å². The monoisotopic (exact) mass is 240 g/mol. The zero-order valence-electron chi connectivity index (χ0n) is 10.4. The van der Waals surface area contributed by atoms with Gasteiger partial charge in [-0.15, -0.1) is 0 Å². The van der Waals surface area contributed by atoms with Crippen molar-refractivity contribution in [2.24, 2.45) is 0 Å². The van der Waals surface area contributed by atoms with Gasteiger partial charge in [-0.05, 0) is 23.3 Å². The van der Waals surface area contributed by atoms with E-state index < -0.39 is 0 Å². The van der Waals surface area contributed by atoms with E-state index in [1.165, 1.54) is 11.1 Å². The van der Waals surface area contributed by atoms with Gasteiger partial charge < -0.3 is 15.4 Å². The molecule has 0 unspecified atom stereocenters. The number of hydrogen-bond acceptors (Lipinski definition) is 3. The summed E-state index contributed by atoms with van der Waals surface area (Å²) in [7, 11) is 1.69. The molecule has 1 heterocycles. The fraction of sp³-hybridized carbons (Fsp3) is 0.200. The topological polar surface area (TPSA) is 33.3 Å². The summed E-state index contributed by atoms with van der Waals surface area (Å²) >= 11 is 0. The van der Waals surface area contributed by atoms with Crippen molar-refractivity contribution in [2.45, 2.75) is 13.1 Å². The minimum atomic E-state index is 0.845. The summed E-state index contributed by atoms with van der Waals surface area (Å²) in [6.07, 6.45) is 0. The zero-order valence-corrected chi connectivity index (χ0v) is 10.4. The Bertz CT molecular complexity index is 566. The molecule has 0 atom stereocenters. The highest BCUT2D eigenvalue weighted by Gasteiger charge is 2.10. The van der Waals surface area contributed by atoms with Crippen LogP contribution in [0.15, 0.2) is 42.5 Å². The predicted molar refractivity (Wildman–Crippen MR) is 74.1 cm³/mol. The summed E-state index contributed by atoms with van der Waals surface area (Å²) in [5, 5.41) is 6.91. The minimum absolute atomic E-state index is 0.845. The van der Waals surface area contributed by atoms with Gasteiger partial charge in [0.15, 0.2) is 0 Å². The summed E-state index contributed by atoms with van der Waals surface area (Å²) < 4.78 is 5.25. The Morgan fingerprint density at radius 3 is 2.22 bits per heavy atom. The largest absolute Gasteiger partial charge is 0.497 e. The van der Waals surface area contributed by atoms with Crippen LogP contribution >= 0.6 is 0 Å². The second kappa shape index (κ2) is 4.61. The van der Waals surface area contributed by atoms with E-state index in [2.05, 4.69) is 41.0 Å². The number of rotatable bonds is 1. The Labute approximate surface area is 107 Å². The molecule has 2 N–H and O–H groups in total. The third kappa shape index (κ3) is 1.99. The summed E-state index contributed by atoms with van der Waals surface area (Å²) in [5.41, 5.74) is 4.87. The lowest BCUT2D eigenvalue weighted by atomic mass is 10.1. The smallest absolute Gasteiger partial charge is 0.121 e. The van der Waals surface area contributed by atoms with Crippen LogP contribution in [-0.2, 0) is 13.1 Å². The van der Waals surface area contributed by atoms with Crippen molar-refractivity contribution in [3.8, 4) is 5.75 Å². The Balaban J connectivity index is 1.94. The molecule has 3 heteroatoms. The van der Waals surface area contributed by atoms with Crippen molar-refractivity contribution in [1.82, 2.24) is 0 Å². The average molecular weight is 240 g/mol. The number of nitrogens with one attached hydrogen (secondary N) is 2. The molecule has 0 amide bonds. The normalized spacial score (nSPS) is 13.2. The van der Waals surface area contributed by atoms with Gasteiger partial charge >= 0.3 is 0 Å². The molecule has 0 radical (unpaired) electrons. The van der Waals surface area contributed by atoms with Crippen LogP contribution in [0.4, 0.5) is 11.4 Å². The number of hydrogen-bond donors (Lipinski definition) is 2. The van der Waals surface area contributed by atoms with Crippen molar-refractivity contribution in [3.05, 3.63) is 53.6 Å². The van der Waals surface area contributed by atoms with Crippen molar-refractivity contribution >= 4 is 11.4 Å². The molecule has 2 aromatic rings. The fourth-order valence-electron chi connectivity index (χ4n) is 2.23. The molecule has 3 nitrogen and oxygen atoms in total. The standard InChI is InChI=1S/C15H16N2O/c1-18-13-6-7-14-15(8-13)17-10-12-5-3-2-4-11(12)9-16-14/h2-8,16-17H,9-10H2,1H3. The second-order valence-corrected chi connectivity index (χ2v) is 4.39. The van der Waals surface area contributed by atoms with Gasteiger partial charge in [-0.25, -0.2) is 0 Å². The molecule has 0 aliphatic carbocycles. The van der Waals surface area contributed by atoms with Gasteiger partial charge in [-0.2, -0.15) is 0 Å². The maximum absolute atomic E-state index is 5.25. The van der Waals surface area contributed by atoms with E-state index in [-0.39, 0.29) is 0 Å². The van der Waals surface area contributed by atoms with Crippen LogP contribution in [0.3, 0.4) is 0 Å². The first kappa shape index (κ1) is 11.0. The van der Waals surface area contributed by atoms with E-state index in [4.69, 9.17) is 4.74 Å². The van der Waals surface area contributed by atoms with Crippen LogP contribution < -0.4 is 15.4 Å². The molecule has 0 aromatic heterocycles. The van der Waals surface area contributed by atoms with Gasteiger partial charge in [-0.3, -0.25) is 0 Å². The van der Waals surface area contributed by atoms with Crippen molar-refractivity contribution < 1.29 is 4.74 Å². The Morgan fingerprint density at radius 2 is 1.56 bits per heavy atom. The molecule has 0 bridgehead atoms. The molecule has 3 rings (SSSR count). The number of benzene rings is 2. The Hall–Kier alpha value is -2.16. The van der Waals surface area contributed by atoms with Gasteiger partial charge in [-0.1, -0.05) is 24.3 Å². The van der Waals surface area contributed by atoms with E-state index in [0.29, 0.717) is 0 Å². The molecule has 18 heavy (non-hydrogen) atoms. The van der Waals surface area contributed by atoms with Crippen LogP contribution in [-0.4, -0.2) is 7.11 Å². The van der Waals surface area contributed by atoms with E-state index in [1.54, 1.807) is 7.11 Å². The summed E-state index contributed by atoms with van der Waals surface area (Å²) in [6, 6.07) is 14.5. The third-order valence-corrected chi connectivity index (χ3v) is 3.28. The van der Waals surface area contributed by atoms with Crippen LogP contribution in [0, 0.1) is 0 Å². The molecule has 92 valence electrons. The first-order valence-electron chi connectivity index (χ1n) is 6.09. The summed E-state index contributed by atoms with van der Waals surface area (Å²) in [4.78, 5) is 0. The minimum Gasteiger partial charge on any atom is -0.497 e. The van der Waals surface area contributed by atoms with Gasteiger partial charge in [0.1, 0.15) is 5.75 Å². The third-order valence-electron chi connectivity index (χ3n) is 3.28. The van der Waals surface area contributed by atoms with E-state index in [9.17, 15) is 0 Å². The van der Waals surface area contributed by atoms with Crippen molar-refractivity contribution in [3.63, 3.8) is 0 Å². The number of anilines is 2. The highest BCUT2D eigenvalue weighted by Crippen LogP contribution is 2.29. The highest BCUT2D eigenvalue weighted by atomic mass is 16.5. The van der Waals surface area contributed by atoms with E-state index in [1.807, 2.05) is 12.1 Å². The molecule has 0 saturated carbocycles. The Kier molecular flexibility index (Phi) is 2.81.